The van der Waals surface area contributed by atoms with Crippen molar-refractivity contribution in [1.82, 2.24) is 5.32 Å². The standard InChI is InChI=1S/C18H15NO4S/c1-9-11-3-2-4-13(20)15(11)17(22)16-12(9)7-10(8-14(16)21)18(23)19-5-6-24/h2-4,7-8,20-21,24H,1,5-6H2,(H,19,23). The second-order valence-corrected chi connectivity index (χ2v) is 5.85. The number of phenols is 2. The van der Waals surface area contributed by atoms with Gasteiger partial charge in [0, 0.05) is 17.9 Å². The van der Waals surface area contributed by atoms with Crippen molar-refractivity contribution in [2.45, 2.75) is 0 Å². The van der Waals surface area contributed by atoms with Gasteiger partial charge in [-0.15, -0.1) is 0 Å². The van der Waals surface area contributed by atoms with Gasteiger partial charge in [-0.1, -0.05) is 18.7 Å². The minimum Gasteiger partial charge on any atom is -0.507 e. The van der Waals surface area contributed by atoms with Crippen molar-refractivity contribution in [3.05, 3.63) is 64.7 Å². The molecular weight excluding hydrogens is 326 g/mol. The van der Waals surface area contributed by atoms with E-state index in [0.717, 1.165) is 0 Å². The summed E-state index contributed by atoms with van der Waals surface area (Å²) in [7, 11) is 0. The molecule has 5 nitrogen and oxygen atoms in total. The molecule has 6 heteroatoms. The van der Waals surface area contributed by atoms with Gasteiger partial charge in [-0.2, -0.15) is 12.6 Å². The number of rotatable bonds is 3. The number of carbonyl (C=O) groups excluding carboxylic acids is 2. The van der Waals surface area contributed by atoms with Crippen LogP contribution in [0, 0.1) is 0 Å². The highest BCUT2D eigenvalue weighted by Gasteiger charge is 2.31. The summed E-state index contributed by atoms with van der Waals surface area (Å²) in [4.78, 5) is 24.8. The predicted molar refractivity (Wildman–Crippen MR) is 94.0 cm³/mol. The maximum atomic E-state index is 12.7. The molecule has 0 saturated carbocycles. The third-order valence-electron chi connectivity index (χ3n) is 3.92. The quantitative estimate of drug-likeness (QED) is 0.551. The minimum absolute atomic E-state index is 0.0414. The zero-order chi connectivity index (χ0) is 17.4. The Balaban J connectivity index is 2.15. The number of fused-ring (bicyclic) bond motifs is 2. The van der Waals surface area contributed by atoms with Crippen LogP contribution in [-0.4, -0.2) is 34.2 Å². The SMILES string of the molecule is C=C1c2cccc(O)c2C(=O)c2c(O)cc(C(=O)NCCS)cc21. The molecule has 0 unspecified atom stereocenters. The van der Waals surface area contributed by atoms with Crippen LogP contribution in [0.25, 0.3) is 5.57 Å². The van der Waals surface area contributed by atoms with Gasteiger partial charge >= 0.3 is 0 Å². The van der Waals surface area contributed by atoms with Gasteiger partial charge in [-0.25, -0.2) is 0 Å². The lowest BCUT2D eigenvalue weighted by Gasteiger charge is -2.23. The van der Waals surface area contributed by atoms with Gasteiger partial charge in [0.25, 0.3) is 5.91 Å². The number of nitrogens with one attached hydrogen (secondary N) is 1. The van der Waals surface area contributed by atoms with Crippen LogP contribution in [0.1, 0.15) is 37.4 Å². The Kier molecular flexibility index (Phi) is 4.07. The summed E-state index contributed by atoms with van der Waals surface area (Å²) in [5.74, 6) is -0.863. The number of thiol groups is 1. The van der Waals surface area contributed by atoms with Crippen molar-refractivity contribution < 1.29 is 19.8 Å². The van der Waals surface area contributed by atoms with Gasteiger partial charge in [0.15, 0.2) is 0 Å². The molecule has 1 amide bonds. The highest BCUT2D eigenvalue weighted by Crippen LogP contribution is 2.42. The van der Waals surface area contributed by atoms with Crippen LogP contribution in [-0.2, 0) is 0 Å². The van der Waals surface area contributed by atoms with Crippen molar-refractivity contribution in [3.8, 4) is 11.5 Å². The van der Waals surface area contributed by atoms with Crippen LogP contribution in [0.4, 0.5) is 0 Å². The van der Waals surface area contributed by atoms with E-state index in [-0.39, 0.29) is 34.1 Å². The number of phenolic OH excluding ortho intramolecular Hbond substituents is 2. The molecule has 1 aliphatic carbocycles. The lowest BCUT2D eigenvalue weighted by atomic mass is 9.80. The van der Waals surface area contributed by atoms with Crippen LogP contribution < -0.4 is 5.32 Å². The van der Waals surface area contributed by atoms with Crippen molar-refractivity contribution in [2.75, 3.05) is 12.3 Å². The van der Waals surface area contributed by atoms with Gasteiger partial charge in [-0.05, 0) is 34.9 Å². The molecule has 0 aliphatic heterocycles. The number of benzene rings is 2. The number of hydrogen-bond donors (Lipinski definition) is 4. The van der Waals surface area contributed by atoms with E-state index >= 15 is 0 Å². The number of carbonyl (C=O) groups is 2. The molecule has 122 valence electrons. The molecule has 3 N–H and O–H groups in total. The summed E-state index contributed by atoms with van der Waals surface area (Å²) in [6.07, 6.45) is 0. The maximum absolute atomic E-state index is 12.7. The number of ketones is 1. The third kappa shape index (κ3) is 2.45. The molecule has 24 heavy (non-hydrogen) atoms. The molecule has 0 saturated heterocycles. The Bertz CT molecular complexity index is 889. The molecular formula is C18H15NO4S. The first-order valence-electron chi connectivity index (χ1n) is 7.28. The van der Waals surface area contributed by atoms with E-state index in [4.69, 9.17) is 0 Å². The Morgan fingerprint density at radius 2 is 1.83 bits per heavy atom. The van der Waals surface area contributed by atoms with Crippen LogP contribution >= 0.6 is 12.6 Å². The third-order valence-corrected chi connectivity index (χ3v) is 4.15. The van der Waals surface area contributed by atoms with Gasteiger partial charge in [-0.3, -0.25) is 9.59 Å². The van der Waals surface area contributed by atoms with Gasteiger partial charge in [0.05, 0.1) is 11.1 Å². The Hall–Kier alpha value is -2.73. The number of aromatic hydroxyl groups is 2. The average molecular weight is 341 g/mol. The average Bonchev–Trinajstić information content (AvgIpc) is 2.56. The molecule has 2 aromatic carbocycles. The number of amides is 1. The van der Waals surface area contributed by atoms with Gasteiger partial charge in [0.1, 0.15) is 11.5 Å². The summed E-state index contributed by atoms with van der Waals surface area (Å²) in [5, 5.41) is 22.9. The molecule has 0 spiro atoms. The lowest BCUT2D eigenvalue weighted by Crippen LogP contribution is -2.26. The fourth-order valence-corrected chi connectivity index (χ4v) is 2.92. The zero-order valence-corrected chi connectivity index (χ0v) is 13.6. The van der Waals surface area contributed by atoms with E-state index in [1.807, 2.05) is 0 Å². The van der Waals surface area contributed by atoms with E-state index < -0.39 is 5.78 Å². The summed E-state index contributed by atoms with van der Waals surface area (Å²) < 4.78 is 0. The van der Waals surface area contributed by atoms with Crippen molar-refractivity contribution in [2.24, 2.45) is 0 Å². The Morgan fingerprint density at radius 1 is 1.12 bits per heavy atom. The number of hydrogen-bond acceptors (Lipinski definition) is 5. The van der Waals surface area contributed by atoms with Crippen molar-refractivity contribution in [3.63, 3.8) is 0 Å². The van der Waals surface area contributed by atoms with Crippen LogP contribution in [0.5, 0.6) is 11.5 Å². The molecule has 2 aromatic rings. The van der Waals surface area contributed by atoms with Gasteiger partial charge < -0.3 is 15.5 Å². The van der Waals surface area contributed by atoms with Crippen LogP contribution in [0.15, 0.2) is 36.9 Å². The second-order valence-electron chi connectivity index (χ2n) is 5.40. The predicted octanol–water partition coefficient (Wildman–Crippen LogP) is 2.36. The largest absolute Gasteiger partial charge is 0.507 e. The second kappa shape index (κ2) is 6.05. The molecule has 0 fully saturated rings. The van der Waals surface area contributed by atoms with Crippen LogP contribution in [0.3, 0.4) is 0 Å². The van der Waals surface area contributed by atoms with E-state index in [1.165, 1.54) is 18.2 Å². The van der Waals surface area contributed by atoms with E-state index in [9.17, 15) is 19.8 Å². The monoisotopic (exact) mass is 341 g/mol. The Morgan fingerprint density at radius 3 is 2.54 bits per heavy atom. The van der Waals surface area contributed by atoms with Gasteiger partial charge in [0.2, 0.25) is 5.78 Å². The fourth-order valence-electron chi connectivity index (χ4n) is 2.81. The highest BCUT2D eigenvalue weighted by molar-refractivity contribution is 7.80. The molecule has 0 atom stereocenters. The zero-order valence-electron chi connectivity index (χ0n) is 12.7. The normalized spacial score (nSPS) is 12.5. The summed E-state index contributed by atoms with van der Waals surface area (Å²) in [5.41, 5.74) is 1.71. The molecule has 1 aliphatic rings. The maximum Gasteiger partial charge on any atom is 0.251 e. The lowest BCUT2D eigenvalue weighted by molar-refractivity contribution is 0.0953. The first-order valence-corrected chi connectivity index (χ1v) is 7.91. The minimum atomic E-state index is -0.495. The first-order chi connectivity index (χ1) is 11.5. The van der Waals surface area contributed by atoms with E-state index in [2.05, 4.69) is 24.5 Å². The molecule has 0 radical (unpaired) electrons. The molecule has 3 rings (SSSR count). The smallest absolute Gasteiger partial charge is 0.251 e. The fraction of sp³-hybridized carbons (Fsp3) is 0.111. The van der Waals surface area contributed by atoms with Crippen LogP contribution in [0.2, 0.25) is 0 Å². The van der Waals surface area contributed by atoms with Crippen molar-refractivity contribution in [1.29, 1.82) is 0 Å². The molecule has 0 aromatic heterocycles. The summed E-state index contributed by atoms with van der Waals surface area (Å²) in [6, 6.07) is 7.45. The topological polar surface area (TPSA) is 86.6 Å². The van der Waals surface area contributed by atoms with E-state index in [1.54, 1.807) is 12.1 Å². The first kappa shape index (κ1) is 16.1. The van der Waals surface area contributed by atoms with E-state index in [0.29, 0.717) is 29.0 Å². The highest BCUT2D eigenvalue weighted by atomic mass is 32.1. The summed E-state index contributed by atoms with van der Waals surface area (Å²) >= 11 is 4.03. The summed E-state index contributed by atoms with van der Waals surface area (Å²) in [6.45, 7) is 4.34. The molecule has 0 heterocycles. The molecule has 0 bridgehead atoms. The Labute approximate surface area is 144 Å². The van der Waals surface area contributed by atoms with Crippen molar-refractivity contribution >= 4 is 29.9 Å².